The van der Waals surface area contributed by atoms with E-state index < -0.39 is 11.0 Å². The summed E-state index contributed by atoms with van der Waals surface area (Å²) in [6.45, 7) is 1.88. The number of carbonyl (C=O) groups excluding carboxylic acids is 1. The van der Waals surface area contributed by atoms with Gasteiger partial charge in [0.25, 0.3) is 5.69 Å². The number of hydrogen-bond acceptors (Lipinski definition) is 6. The largest absolute Gasteiger partial charge is 0.467 e. The van der Waals surface area contributed by atoms with Crippen LogP contribution < -0.4 is 10.6 Å². The minimum Gasteiger partial charge on any atom is -0.467 e. The number of nitro groups is 1. The molecule has 1 heterocycles. The Bertz CT molecular complexity index is 749. The molecule has 0 aliphatic rings. The summed E-state index contributed by atoms with van der Waals surface area (Å²) in [7, 11) is 0. The zero-order valence-corrected chi connectivity index (χ0v) is 12.3. The fourth-order valence-corrected chi connectivity index (χ4v) is 1.90. The summed E-state index contributed by atoms with van der Waals surface area (Å²) in [6.07, 6.45) is 1.51. The van der Waals surface area contributed by atoms with Gasteiger partial charge in [-0.3, -0.25) is 14.9 Å². The first-order chi connectivity index (χ1) is 11.0. The Labute approximate surface area is 131 Å². The van der Waals surface area contributed by atoms with Gasteiger partial charge in [-0.15, -0.1) is 0 Å². The molecule has 1 aromatic carbocycles. The fourth-order valence-electron chi connectivity index (χ4n) is 1.90. The summed E-state index contributed by atoms with van der Waals surface area (Å²) >= 11 is 0. The second-order valence-corrected chi connectivity index (χ2v) is 4.76. The van der Waals surface area contributed by atoms with Crippen molar-refractivity contribution < 1.29 is 14.1 Å². The van der Waals surface area contributed by atoms with Gasteiger partial charge in [-0.2, -0.15) is 5.26 Å². The van der Waals surface area contributed by atoms with Crippen LogP contribution in [0.2, 0.25) is 0 Å². The molecule has 0 saturated heterocycles. The lowest BCUT2D eigenvalue weighted by molar-refractivity contribution is -0.384. The molecule has 0 bridgehead atoms. The Hall–Kier alpha value is -3.34. The Kier molecular flexibility index (Phi) is 4.94. The fraction of sp³-hybridized carbons (Fsp3) is 0.200. The lowest BCUT2D eigenvalue weighted by atomic mass is 10.1. The predicted molar refractivity (Wildman–Crippen MR) is 81.5 cm³/mol. The van der Waals surface area contributed by atoms with Crippen LogP contribution in [-0.4, -0.2) is 16.9 Å². The van der Waals surface area contributed by atoms with Gasteiger partial charge in [0, 0.05) is 12.1 Å². The summed E-state index contributed by atoms with van der Waals surface area (Å²) < 4.78 is 5.11. The maximum absolute atomic E-state index is 12.0. The number of carbonyl (C=O) groups is 1. The summed E-state index contributed by atoms with van der Waals surface area (Å²) in [4.78, 5) is 22.1. The van der Waals surface area contributed by atoms with E-state index in [1.165, 1.54) is 18.4 Å². The van der Waals surface area contributed by atoms with Crippen LogP contribution in [0.15, 0.2) is 41.0 Å². The van der Waals surface area contributed by atoms with Crippen molar-refractivity contribution in [1.82, 2.24) is 5.32 Å². The molecule has 0 aliphatic carbocycles. The van der Waals surface area contributed by atoms with Gasteiger partial charge in [0.05, 0.1) is 29.0 Å². The van der Waals surface area contributed by atoms with E-state index >= 15 is 0 Å². The van der Waals surface area contributed by atoms with Crippen LogP contribution >= 0.6 is 0 Å². The molecule has 2 N–H and O–H groups in total. The zero-order valence-electron chi connectivity index (χ0n) is 12.3. The van der Waals surface area contributed by atoms with E-state index in [1.54, 1.807) is 19.1 Å². The molecule has 2 aromatic rings. The van der Waals surface area contributed by atoms with Crippen molar-refractivity contribution in [2.45, 2.75) is 19.5 Å². The van der Waals surface area contributed by atoms with Crippen LogP contribution in [-0.2, 0) is 11.3 Å². The van der Waals surface area contributed by atoms with Crippen molar-refractivity contribution in [3.8, 4) is 6.07 Å². The monoisotopic (exact) mass is 314 g/mol. The first kappa shape index (κ1) is 16.0. The summed E-state index contributed by atoms with van der Waals surface area (Å²) in [5.74, 6) is 0.335. The Morgan fingerprint density at radius 3 is 2.87 bits per heavy atom. The quantitative estimate of drug-likeness (QED) is 0.622. The van der Waals surface area contributed by atoms with Gasteiger partial charge in [0.15, 0.2) is 0 Å². The lowest BCUT2D eigenvalue weighted by Crippen LogP contribution is -2.37. The number of nitrogens with one attached hydrogen (secondary N) is 2. The molecule has 2 rings (SSSR count). The van der Waals surface area contributed by atoms with Gasteiger partial charge in [-0.05, 0) is 25.1 Å². The molecule has 23 heavy (non-hydrogen) atoms. The van der Waals surface area contributed by atoms with Crippen LogP contribution in [0.3, 0.4) is 0 Å². The number of hydrogen-bond donors (Lipinski definition) is 2. The molecular weight excluding hydrogens is 300 g/mol. The third-order valence-corrected chi connectivity index (χ3v) is 3.12. The summed E-state index contributed by atoms with van der Waals surface area (Å²) in [5, 5.41) is 25.3. The highest BCUT2D eigenvalue weighted by Crippen LogP contribution is 2.22. The van der Waals surface area contributed by atoms with Gasteiger partial charge in [0.1, 0.15) is 17.9 Å². The van der Waals surface area contributed by atoms with Crippen molar-refractivity contribution in [2.24, 2.45) is 0 Å². The van der Waals surface area contributed by atoms with E-state index in [9.17, 15) is 14.9 Å². The van der Waals surface area contributed by atoms with E-state index in [-0.39, 0.29) is 23.7 Å². The van der Waals surface area contributed by atoms with E-state index in [1.807, 2.05) is 6.07 Å². The Morgan fingerprint density at radius 2 is 2.26 bits per heavy atom. The SMILES string of the molecule is CC(Nc1ccc([N+](=O)[O-])cc1C#N)C(=O)NCc1ccco1. The number of nitro benzene ring substituents is 1. The molecule has 118 valence electrons. The number of non-ortho nitro benzene ring substituents is 1. The van der Waals surface area contributed by atoms with E-state index in [2.05, 4.69) is 10.6 Å². The number of anilines is 1. The Balaban J connectivity index is 2.01. The number of rotatable bonds is 6. The molecule has 0 saturated carbocycles. The number of furan rings is 1. The van der Waals surface area contributed by atoms with Gasteiger partial charge in [-0.1, -0.05) is 0 Å². The maximum Gasteiger partial charge on any atom is 0.270 e. The number of benzene rings is 1. The van der Waals surface area contributed by atoms with Crippen LogP contribution in [0.25, 0.3) is 0 Å². The predicted octanol–water partition coefficient (Wildman–Crippen LogP) is 2.18. The average Bonchev–Trinajstić information content (AvgIpc) is 3.06. The third kappa shape index (κ3) is 4.07. The average molecular weight is 314 g/mol. The smallest absolute Gasteiger partial charge is 0.270 e. The van der Waals surface area contributed by atoms with Gasteiger partial charge < -0.3 is 15.1 Å². The maximum atomic E-state index is 12.0. The van der Waals surface area contributed by atoms with Gasteiger partial charge in [0.2, 0.25) is 5.91 Å². The normalized spacial score (nSPS) is 11.3. The molecule has 1 unspecified atom stereocenters. The number of nitrogens with zero attached hydrogens (tertiary/aromatic N) is 2. The second-order valence-electron chi connectivity index (χ2n) is 4.76. The molecule has 8 heteroatoms. The second kappa shape index (κ2) is 7.09. The first-order valence-corrected chi connectivity index (χ1v) is 6.76. The molecule has 0 radical (unpaired) electrons. The van der Waals surface area contributed by atoms with Crippen LogP contribution in [0.4, 0.5) is 11.4 Å². The highest BCUT2D eigenvalue weighted by Gasteiger charge is 2.16. The number of amides is 1. The van der Waals surface area contributed by atoms with E-state index in [0.717, 1.165) is 6.07 Å². The standard InChI is InChI=1S/C15H14N4O4/c1-10(15(20)17-9-13-3-2-6-23-13)18-14-5-4-12(19(21)22)7-11(14)8-16/h2-7,10,18H,9H2,1H3,(H,17,20). The van der Waals surface area contributed by atoms with Crippen LogP contribution in [0, 0.1) is 21.4 Å². The Morgan fingerprint density at radius 1 is 1.48 bits per heavy atom. The van der Waals surface area contributed by atoms with Crippen molar-refractivity contribution in [2.75, 3.05) is 5.32 Å². The van der Waals surface area contributed by atoms with Crippen molar-refractivity contribution >= 4 is 17.3 Å². The highest BCUT2D eigenvalue weighted by molar-refractivity contribution is 5.84. The third-order valence-electron chi connectivity index (χ3n) is 3.12. The number of nitriles is 1. The molecule has 8 nitrogen and oxygen atoms in total. The summed E-state index contributed by atoms with van der Waals surface area (Å²) in [6, 6.07) is 8.56. The van der Waals surface area contributed by atoms with Crippen LogP contribution in [0.1, 0.15) is 18.2 Å². The van der Waals surface area contributed by atoms with Crippen molar-refractivity contribution in [3.63, 3.8) is 0 Å². The minimum absolute atomic E-state index is 0.102. The molecule has 0 aliphatic heterocycles. The highest BCUT2D eigenvalue weighted by atomic mass is 16.6. The lowest BCUT2D eigenvalue weighted by Gasteiger charge is -2.15. The molecule has 1 amide bonds. The first-order valence-electron chi connectivity index (χ1n) is 6.76. The summed E-state index contributed by atoms with van der Waals surface area (Å²) in [5.41, 5.74) is 0.283. The van der Waals surface area contributed by atoms with Gasteiger partial charge in [-0.25, -0.2) is 0 Å². The topological polar surface area (TPSA) is 121 Å². The van der Waals surface area contributed by atoms with E-state index in [4.69, 9.17) is 9.68 Å². The molecular formula is C15H14N4O4. The molecule has 0 spiro atoms. The van der Waals surface area contributed by atoms with Crippen molar-refractivity contribution in [3.05, 3.63) is 58.0 Å². The zero-order chi connectivity index (χ0) is 16.8. The molecule has 1 aromatic heterocycles. The van der Waals surface area contributed by atoms with E-state index in [0.29, 0.717) is 11.4 Å². The minimum atomic E-state index is -0.626. The van der Waals surface area contributed by atoms with Gasteiger partial charge >= 0.3 is 0 Å². The van der Waals surface area contributed by atoms with Crippen LogP contribution in [0.5, 0.6) is 0 Å². The van der Waals surface area contributed by atoms with Crippen molar-refractivity contribution in [1.29, 1.82) is 5.26 Å². The molecule has 1 atom stereocenters. The molecule has 0 fully saturated rings.